The molecule has 42 heavy (non-hydrogen) atoms. The number of rotatable bonds is 16. The molecule has 1 unspecified atom stereocenters. The highest BCUT2D eigenvalue weighted by molar-refractivity contribution is 7.92. The van der Waals surface area contributed by atoms with Crippen LogP contribution in [0.1, 0.15) is 45.6 Å². The zero-order valence-electron chi connectivity index (χ0n) is 24.8. The fourth-order valence-corrected chi connectivity index (χ4v) is 5.91. The number of unbranched alkanes of at least 4 members (excludes halogenated alkanes) is 1. The molecule has 0 saturated carbocycles. The van der Waals surface area contributed by atoms with Crippen molar-refractivity contribution in [3.05, 3.63) is 84.4 Å². The van der Waals surface area contributed by atoms with Crippen LogP contribution in [0, 0.1) is 0 Å². The number of carbonyl (C=O) groups excluding carboxylic acids is 2. The van der Waals surface area contributed by atoms with Crippen LogP contribution in [-0.4, -0.2) is 58.0 Å². The number of nitrogens with zero attached hydrogens (tertiary/aromatic N) is 2. The number of amides is 2. The molecule has 9 nitrogen and oxygen atoms in total. The Morgan fingerprint density at radius 2 is 1.52 bits per heavy atom. The van der Waals surface area contributed by atoms with Crippen molar-refractivity contribution in [3.8, 4) is 11.5 Å². The van der Waals surface area contributed by atoms with Crippen molar-refractivity contribution in [3.63, 3.8) is 0 Å². The molecular weight excluding hydrogens is 554 g/mol. The molecular formula is C32H41N3O6S. The van der Waals surface area contributed by atoms with Crippen LogP contribution >= 0.6 is 0 Å². The summed E-state index contributed by atoms with van der Waals surface area (Å²) in [6.45, 7) is 6.30. The van der Waals surface area contributed by atoms with Gasteiger partial charge in [-0.25, -0.2) is 8.42 Å². The van der Waals surface area contributed by atoms with E-state index in [1.807, 2.05) is 32.9 Å². The summed E-state index contributed by atoms with van der Waals surface area (Å²) in [6.07, 6.45) is 2.09. The van der Waals surface area contributed by atoms with Crippen LogP contribution in [-0.2, 0) is 26.2 Å². The van der Waals surface area contributed by atoms with Crippen molar-refractivity contribution < 1.29 is 27.5 Å². The van der Waals surface area contributed by atoms with Gasteiger partial charge < -0.3 is 19.7 Å². The highest BCUT2D eigenvalue weighted by Gasteiger charge is 2.33. The van der Waals surface area contributed by atoms with E-state index in [0.717, 1.165) is 22.7 Å². The number of hydrogen-bond acceptors (Lipinski definition) is 6. The summed E-state index contributed by atoms with van der Waals surface area (Å²) in [5.74, 6) is 0.472. The fraction of sp³-hybridized carbons (Fsp3) is 0.375. The van der Waals surface area contributed by atoms with Crippen LogP contribution in [0.3, 0.4) is 0 Å². The monoisotopic (exact) mass is 595 g/mol. The molecule has 0 spiro atoms. The summed E-state index contributed by atoms with van der Waals surface area (Å²) in [5, 5.41) is 2.93. The summed E-state index contributed by atoms with van der Waals surface area (Å²) < 4.78 is 39.7. The number of benzene rings is 3. The van der Waals surface area contributed by atoms with E-state index in [1.165, 1.54) is 17.0 Å². The first-order valence-electron chi connectivity index (χ1n) is 14.3. The molecule has 0 aliphatic carbocycles. The van der Waals surface area contributed by atoms with Gasteiger partial charge in [0.1, 0.15) is 24.1 Å². The van der Waals surface area contributed by atoms with Gasteiger partial charge in [0, 0.05) is 13.1 Å². The molecule has 0 saturated heterocycles. The van der Waals surface area contributed by atoms with Crippen molar-refractivity contribution in [1.82, 2.24) is 10.2 Å². The Morgan fingerprint density at radius 3 is 2.10 bits per heavy atom. The highest BCUT2D eigenvalue weighted by Crippen LogP contribution is 2.27. The average Bonchev–Trinajstić information content (AvgIpc) is 3.01. The fourth-order valence-electron chi connectivity index (χ4n) is 4.48. The van der Waals surface area contributed by atoms with E-state index < -0.39 is 28.5 Å². The molecule has 0 aromatic heterocycles. The molecule has 1 N–H and O–H groups in total. The molecule has 0 fully saturated rings. The van der Waals surface area contributed by atoms with Crippen LogP contribution in [0.4, 0.5) is 5.69 Å². The SMILES string of the molecule is CCCCNC(=O)C(CC)N(Cc1ccc(OC)cc1)C(=O)CN(c1ccc(OCC)cc1)S(=O)(=O)c1ccccc1. The van der Waals surface area contributed by atoms with Gasteiger partial charge in [-0.15, -0.1) is 0 Å². The van der Waals surface area contributed by atoms with Crippen LogP contribution in [0.2, 0.25) is 0 Å². The molecule has 0 radical (unpaired) electrons. The van der Waals surface area contributed by atoms with Crippen LogP contribution < -0.4 is 19.1 Å². The number of anilines is 1. The molecule has 0 heterocycles. The van der Waals surface area contributed by atoms with Crippen molar-refractivity contribution in [2.24, 2.45) is 0 Å². The molecule has 1 atom stereocenters. The van der Waals surface area contributed by atoms with E-state index in [-0.39, 0.29) is 17.3 Å². The molecule has 3 rings (SSSR count). The lowest BCUT2D eigenvalue weighted by molar-refractivity contribution is -0.140. The molecule has 3 aromatic carbocycles. The van der Waals surface area contributed by atoms with E-state index in [9.17, 15) is 18.0 Å². The van der Waals surface area contributed by atoms with E-state index in [2.05, 4.69) is 5.32 Å². The third kappa shape index (κ3) is 8.48. The first-order valence-corrected chi connectivity index (χ1v) is 15.7. The largest absolute Gasteiger partial charge is 0.497 e. The summed E-state index contributed by atoms with van der Waals surface area (Å²) in [7, 11) is -2.56. The van der Waals surface area contributed by atoms with Crippen molar-refractivity contribution >= 4 is 27.5 Å². The lowest BCUT2D eigenvalue weighted by Crippen LogP contribution is -2.52. The second kappa shape index (κ2) is 15.8. The Balaban J connectivity index is 2.02. The number of carbonyl (C=O) groups is 2. The van der Waals surface area contributed by atoms with E-state index >= 15 is 0 Å². The Bertz CT molecular complexity index is 1380. The summed E-state index contributed by atoms with van der Waals surface area (Å²) >= 11 is 0. The zero-order valence-corrected chi connectivity index (χ0v) is 25.6. The standard InChI is InChI=1S/C32H41N3O6S/c1-5-8-22-33-32(37)30(6-2)34(23-25-14-18-27(40-4)19-15-25)31(36)24-35(26-16-20-28(21-17-26)41-7-3)42(38,39)29-12-10-9-11-13-29/h9-21,30H,5-8,22-24H2,1-4H3,(H,33,37). The summed E-state index contributed by atoms with van der Waals surface area (Å²) in [5.41, 5.74) is 1.09. The molecule has 0 aliphatic heterocycles. The zero-order chi connectivity index (χ0) is 30.5. The quantitative estimate of drug-likeness (QED) is 0.234. The van der Waals surface area contributed by atoms with Crippen molar-refractivity contribution in [1.29, 1.82) is 0 Å². The normalized spacial score (nSPS) is 11.8. The Hall–Kier alpha value is -4.05. The minimum absolute atomic E-state index is 0.0535. The van der Waals surface area contributed by atoms with Crippen LogP contribution in [0.5, 0.6) is 11.5 Å². The van der Waals surface area contributed by atoms with Gasteiger partial charge in [0.25, 0.3) is 10.0 Å². The molecule has 10 heteroatoms. The molecule has 0 bridgehead atoms. The third-order valence-electron chi connectivity index (χ3n) is 6.77. The maximum atomic E-state index is 14.1. The Labute approximate surface area is 249 Å². The van der Waals surface area contributed by atoms with Gasteiger partial charge in [-0.05, 0) is 73.9 Å². The van der Waals surface area contributed by atoms with Gasteiger partial charge in [0.2, 0.25) is 11.8 Å². The smallest absolute Gasteiger partial charge is 0.264 e. The van der Waals surface area contributed by atoms with Gasteiger partial charge in [0.15, 0.2) is 0 Å². The number of hydrogen-bond donors (Lipinski definition) is 1. The number of sulfonamides is 1. The van der Waals surface area contributed by atoms with E-state index in [1.54, 1.807) is 61.7 Å². The minimum Gasteiger partial charge on any atom is -0.497 e. The van der Waals surface area contributed by atoms with Crippen LogP contribution in [0.25, 0.3) is 0 Å². The Kier molecular flexibility index (Phi) is 12.2. The summed E-state index contributed by atoms with van der Waals surface area (Å²) in [6, 6.07) is 21.0. The maximum Gasteiger partial charge on any atom is 0.264 e. The second-order valence-corrected chi connectivity index (χ2v) is 11.6. The molecule has 226 valence electrons. The van der Waals surface area contributed by atoms with E-state index in [0.29, 0.717) is 36.8 Å². The minimum atomic E-state index is -4.13. The molecule has 2 amide bonds. The molecule has 3 aromatic rings. The average molecular weight is 596 g/mol. The van der Waals surface area contributed by atoms with Gasteiger partial charge in [-0.3, -0.25) is 13.9 Å². The predicted molar refractivity (Wildman–Crippen MR) is 164 cm³/mol. The lowest BCUT2D eigenvalue weighted by atomic mass is 10.1. The van der Waals surface area contributed by atoms with Gasteiger partial charge >= 0.3 is 0 Å². The van der Waals surface area contributed by atoms with Crippen molar-refractivity contribution in [2.75, 3.05) is 31.1 Å². The second-order valence-electron chi connectivity index (χ2n) is 9.69. The van der Waals surface area contributed by atoms with Gasteiger partial charge in [-0.1, -0.05) is 50.6 Å². The maximum absolute atomic E-state index is 14.1. The first-order chi connectivity index (χ1) is 20.2. The van der Waals surface area contributed by atoms with Crippen LogP contribution in [0.15, 0.2) is 83.8 Å². The third-order valence-corrected chi connectivity index (χ3v) is 8.56. The van der Waals surface area contributed by atoms with Gasteiger partial charge in [-0.2, -0.15) is 0 Å². The Morgan fingerprint density at radius 1 is 0.881 bits per heavy atom. The van der Waals surface area contributed by atoms with Gasteiger partial charge in [0.05, 0.1) is 24.3 Å². The lowest BCUT2D eigenvalue weighted by Gasteiger charge is -2.33. The number of nitrogens with one attached hydrogen (secondary N) is 1. The topological polar surface area (TPSA) is 105 Å². The van der Waals surface area contributed by atoms with E-state index in [4.69, 9.17) is 9.47 Å². The number of methoxy groups -OCH3 is 1. The predicted octanol–water partition coefficient (Wildman–Crippen LogP) is 5.01. The first kappa shape index (κ1) is 32.5. The number of ether oxygens (including phenoxy) is 2. The summed E-state index contributed by atoms with van der Waals surface area (Å²) in [4.78, 5) is 28.9. The highest BCUT2D eigenvalue weighted by atomic mass is 32.2. The molecule has 0 aliphatic rings. The van der Waals surface area contributed by atoms with Crippen molar-refractivity contribution in [2.45, 2.75) is 57.5 Å².